The van der Waals surface area contributed by atoms with Gasteiger partial charge in [0, 0.05) is 8.96 Å². The molecule has 2 nitrogen and oxygen atoms in total. The summed E-state index contributed by atoms with van der Waals surface area (Å²) in [5.74, 6) is 0. The van der Waals surface area contributed by atoms with Crippen molar-refractivity contribution < 1.29 is 0 Å². The second kappa shape index (κ2) is 2.99. The topological polar surface area (TPSA) is 28.7 Å². The largest absolute Gasteiger partial charge is 0.270 e. The molecule has 0 unspecified atom stereocenters. The maximum Gasteiger partial charge on any atom is 0.109 e. The van der Waals surface area contributed by atoms with Crippen LogP contribution in [0.2, 0.25) is 0 Å². The molecule has 0 aliphatic rings. The molecule has 12 heavy (non-hydrogen) atoms. The first-order valence-corrected chi connectivity index (χ1v) is 5.36. The summed E-state index contributed by atoms with van der Waals surface area (Å²) in [6, 6.07) is 4.10. The van der Waals surface area contributed by atoms with Crippen molar-refractivity contribution in [3.8, 4) is 0 Å². The van der Waals surface area contributed by atoms with Gasteiger partial charge in [0.2, 0.25) is 0 Å². The molecule has 0 spiro atoms. The van der Waals surface area contributed by atoms with Crippen LogP contribution >= 0.6 is 38.5 Å². The average Bonchev–Trinajstić information content (AvgIpc) is 2.41. The first-order chi connectivity index (χ1) is 5.70. The third-order valence-electron chi connectivity index (χ3n) is 1.81. The lowest BCUT2D eigenvalue weighted by Crippen LogP contribution is -1.80. The molecule has 2 rings (SSSR count). The van der Waals surface area contributed by atoms with Crippen LogP contribution in [0.1, 0.15) is 5.56 Å². The third-order valence-corrected chi connectivity index (χ3v) is 3.77. The van der Waals surface area contributed by atoms with Crippen LogP contribution in [-0.4, -0.2) is 10.2 Å². The molecule has 0 saturated heterocycles. The Balaban J connectivity index is 2.96. The van der Waals surface area contributed by atoms with Gasteiger partial charge in [-0.1, -0.05) is 6.07 Å². The average molecular weight is 337 g/mol. The fourth-order valence-corrected chi connectivity index (χ4v) is 2.72. The highest BCUT2D eigenvalue weighted by Crippen LogP contribution is 2.28. The molecule has 0 amide bonds. The minimum atomic E-state index is 0.964. The number of halogens is 2. The Labute approximate surface area is 92.0 Å². The van der Waals surface area contributed by atoms with E-state index in [-0.39, 0.29) is 0 Å². The summed E-state index contributed by atoms with van der Waals surface area (Å²) in [7, 11) is 0. The Morgan fingerprint density at radius 2 is 2.25 bits per heavy atom. The molecule has 0 bridgehead atoms. The van der Waals surface area contributed by atoms with Gasteiger partial charge in [-0.25, -0.2) is 0 Å². The molecule has 1 N–H and O–H groups in total. The van der Waals surface area contributed by atoms with Crippen LogP contribution in [-0.2, 0) is 0 Å². The summed E-state index contributed by atoms with van der Waals surface area (Å²) in [6.45, 7) is 2.10. The lowest BCUT2D eigenvalue weighted by atomic mass is 10.2. The fraction of sp³-hybridized carbons (Fsp3) is 0.125. The number of aromatic nitrogens is 2. The summed E-state index contributed by atoms with van der Waals surface area (Å²) in [5, 5.41) is 8.23. The minimum absolute atomic E-state index is 0.964. The highest BCUT2D eigenvalue weighted by atomic mass is 127. The fourth-order valence-electron chi connectivity index (χ4n) is 1.14. The third kappa shape index (κ3) is 1.17. The zero-order valence-electron chi connectivity index (χ0n) is 6.36. The molecular weight excluding hydrogens is 331 g/mol. The number of nitrogens with one attached hydrogen (secondary N) is 1. The molecule has 0 fully saturated rings. The number of hydrogen-bond acceptors (Lipinski definition) is 1. The molecule has 62 valence electrons. The number of nitrogens with zero attached hydrogens (tertiary/aromatic N) is 1. The van der Waals surface area contributed by atoms with Gasteiger partial charge in [0.25, 0.3) is 0 Å². The van der Waals surface area contributed by atoms with Crippen LogP contribution in [0.25, 0.3) is 10.9 Å². The molecule has 0 atom stereocenters. The van der Waals surface area contributed by atoms with Gasteiger partial charge in [0.15, 0.2) is 0 Å². The van der Waals surface area contributed by atoms with Gasteiger partial charge in [-0.2, -0.15) is 5.10 Å². The Morgan fingerprint density at radius 3 is 3.00 bits per heavy atom. The predicted octanol–water partition coefficient (Wildman–Crippen LogP) is 3.24. The van der Waals surface area contributed by atoms with Crippen LogP contribution in [0.5, 0.6) is 0 Å². The van der Waals surface area contributed by atoms with Gasteiger partial charge in [-0.3, -0.25) is 5.10 Å². The molecular formula is C8H6BrIN2. The number of rotatable bonds is 0. The second-order valence-corrected chi connectivity index (χ2v) is 4.50. The van der Waals surface area contributed by atoms with Gasteiger partial charge in [0.05, 0.1) is 5.52 Å². The summed E-state index contributed by atoms with van der Waals surface area (Å²) in [4.78, 5) is 0. The first-order valence-electron chi connectivity index (χ1n) is 3.49. The molecule has 2 aromatic rings. The molecule has 1 aromatic heterocycles. The van der Waals surface area contributed by atoms with Gasteiger partial charge in [0.1, 0.15) is 4.60 Å². The van der Waals surface area contributed by atoms with E-state index in [9.17, 15) is 0 Å². The van der Waals surface area contributed by atoms with E-state index in [1.165, 1.54) is 14.5 Å². The quantitative estimate of drug-likeness (QED) is 0.735. The van der Waals surface area contributed by atoms with E-state index in [2.05, 4.69) is 61.7 Å². The summed E-state index contributed by atoms with van der Waals surface area (Å²) in [5.41, 5.74) is 2.29. The van der Waals surface area contributed by atoms with Crippen molar-refractivity contribution >= 4 is 49.4 Å². The zero-order valence-corrected chi connectivity index (χ0v) is 10.1. The lowest BCUT2D eigenvalue weighted by molar-refractivity contribution is 1.10. The maximum atomic E-state index is 4.14. The standard InChI is InChI=1S/C8H6BrIN2/c1-4-2-3-5-6(7(4)10)8(9)12-11-5/h2-3H,1H3,(H,11,12). The number of aromatic amines is 1. The van der Waals surface area contributed by atoms with Crippen molar-refractivity contribution in [2.24, 2.45) is 0 Å². The van der Waals surface area contributed by atoms with Crippen molar-refractivity contribution in [1.82, 2.24) is 10.2 Å². The van der Waals surface area contributed by atoms with Crippen molar-refractivity contribution in [1.29, 1.82) is 0 Å². The van der Waals surface area contributed by atoms with Crippen LogP contribution < -0.4 is 0 Å². The molecule has 0 aliphatic carbocycles. The van der Waals surface area contributed by atoms with Gasteiger partial charge in [-0.05, 0) is 57.1 Å². The number of aryl methyl sites for hydroxylation is 1. The number of hydrogen-bond donors (Lipinski definition) is 1. The molecule has 0 saturated carbocycles. The molecule has 1 heterocycles. The highest BCUT2D eigenvalue weighted by molar-refractivity contribution is 14.1. The molecule has 0 radical (unpaired) electrons. The second-order valence-electron chi connectivity index (χ2n) is 2.63. The van der Waals surface area contributed by atoms with Crippen LogP contribution in [0.15, 0.2) is 16.7 Å². The number of fused-ring (bicyclic) bond motifs is 1. The summed E-state index contributed by atoms with van der Waals surface area (Å²) in [6.07, 6.45) is 0. The SMILES string of the molecule is Cc1ccc2n[nH]c(Br)c2c1I. The Morgan fingerprint density at radius 1 is 1.50 bits per heavy atom. The number of H-pyrrole nitrogens is 1. The normalized spacial score (nSPS) is 10.9. The van der Waals surface area contributed by atoms with Crippen molar-refractivity contribution in [2.75, 3.05) is 0 Å². The van der Waals surface area contributed by atoms with Gasteiger partial charge < -0.3 is 0 Å². The Kier molecular flexibility index (Phi) is 2.12. The lowest BCUT2D eigenvalue weighted by Gasteiger charge is -1.97. The van der Waals surface area contributed by atoms with Crippen molar-refractivity contribution in [3.05, 3.63) is 25.9 Å². The van der Waals surface area contributed by atoms with Crippen molar-refractivity contribution in [3.63, 3.8) is 0 Å². The van der Waals surface area contributed by atoms with E-state index in [0.717, 1.165) is 10.1 Å². The zero-order chi connectivity index (χ0) is 8.72. The maximum absolute atomic E-state index is 4.14. The smallest absolute Gasteiger partial charge is 0.109 e. The monoisotopic (exact) mass is 336 g/mol. The molecule has 0 aliphatic heterocycles. The van der Waals surface area contributed by atoms with Crippen LogP contribution in [0.4, 0.5) is 0 Å². The first kappa shape index (κ1) is 8.50. The van der Waals surface area contributed by atoms with E-state index in [4.69, 9.17) is 0 Å². The van der Waals surface area contributed by atoms with E-state index >= 15 is 0 Å². The Bertz CT molecular complexity index is 436. The van der Waals surface area contributed by atoms with E-state index in [1.54, 1.807) is 0 Å². The Hall–Kier alpha value is -0.1000. The van der Waals surface area contributed by atoms with E-state index in [0.29, 0.717) is 0 Å². The minimum Gasteiger partial charge on any atom is -0.270 e. The summed E-state index contributed by atoms with van der Waals surface area (Å²) >= 11 is 5.76. The number of benzene rings is 1. The van der Waals surface area contributed by atoms with Crippen LogP contribution in [0.3, 0.4) is 0 Å². The van der Waals surface area contributed by atoms with Gasteiger partial charge >= 0.3 is 0 Å². The van der Waals surface area contributed by atoms with Gasteiger partial charge in [-0.15, -0.1) is 0 Å². The summed E-state index contributed by atoms with van der Waals surface area (Å²) < 4.78 is 2.22. The van der Waals surface area contributed by atoms with E-state index in [1.807, 2.05) is 6.07 Å². The molecule has 1 aromatic carbocycles. The van der Waals surface area contributed by atoms with E-state index < -0.39 is 0 Å². The highest BCUT2D eigenvalue weighted by Gasteiger charge is 2.07. The predicted molar refractivity (Wildman–Crippen MR) is 61.2 cm³/mol. The van der Waals surface area contributed by atoms with Crippen molar-refractivity contribution in [2.45, 2.75) is 6.92 Å². The molecule has 4 heteroatoms. The van der Waals surface area contributed by atoms with Crippen LogP contribution in [0, 0.1) is 10.5 Å².